The van der Waals surface area contributed by atoms with Crippen LogP contribution in [0.2, 0.25) is 0 Å². The molecule has 1 heterocycles. The van der Waals surface area contributed by atoms with Gasteiger partial charge in [0.05, 0.1) is 0 Å². The molecule has 0 aliphatic carbocycles. The van der Waals surface area contributed by atoms with Gasteiger partial charge in [-0.25, -0.2) is 0 Å². The predicted octanol–water partition coefficient (Wildman–Crippen LogP) is 3.01. The van der Waals surface area contributed by atoms with Gasteiger partial charge in [0.15, 0.2) is 0 Å². The van der Waals surface area contributed by atoms with E-state index >= 15 is 0 Å². The van der Waals surface area contributed by atoms with Gasteiger partial charge in [0.1, 0.15) is 12.4 Å². The number of para-hydroxylation sites is 1. The van der Waals surface area contributed by atoms with E-state index in [9.17, 15) is 0 Å². The summed E-state index contributed by atoms with van der Waals surface area (Å²) in [4.78, 5) is 4.92. The molecule has 116 valence electrons. The molecule has 1 aliphatic rings. The van der Waals surface area contributed by atoms with Crippen LogP contribution in [-0.2, 0) is 13.2 Å². The second kappa shape index (κ2) is 7.43. The van der Waals surface area contributed by atoms with Crippen molar-refractivity contribution in [1.29, 1.82) is 0 Å². The average Bonchev–Trinajstić information content (AvgIpc) is 2.57. The Labute approximate surface area is 133 Å². The lowest BCUT2D eigenvalue weighted by Crippen LogP contribution is -2.44. The number of rotatable bonds is 5. The number of hydrogen-bond donors (Lipinski definition) is 0. The Morgan fingerprint density at radius 3 is 2.18 bits per heavy atom. The summed E-state index contributed by atoms with van der Waals surface area (Å²) in [6.07, 6.45) is 0. The zero-order valence-electron chi connectivity index (χ0n) is 13.2. The first-order valence-electron chi connectivity index (χ1n) is 7.97. The third kappa shape index (κ3) is 4.09. The van der Waals surface area contributed by atoms with Gasteiger partial charge in [-0.2, -0.15) is 0 Å². The molecule has 22 heavy (non-hydrogen) atoms. The molecule has 0 radical (unpaired) electrons. The molecule has 0 bridgehead atoms. The Morgan fingerprint density at radius 1 is 0.818 bits per heavy atom. The van der Waals surface area contributed by atoms with Gasteiger partial charge in [-0.05, 0) is 30.3 Å². The van der Waals surface area contributed by atoms with Crippen LogP contribution >= 0.6 is 0 Å². The third-order valence-electron chi connectivity index (χ3n) is 4.25. The largest absolute Gasteiger partial charge is 0.489 e. The van der Waals surface area contributed by atoms with Crippen molar-refractivity contribution < 1.29 is 4.74 Å². The summed E-state index contributed by atoms with van der Waals surface area (Å²) >= 11 is 0. The summed E-state index contributed by atoms with van der Waals surface area (Å²) in [6.45, 7) is 6.25. The van der Waals surface area contributed by atoms with Gasteiger partial charge in [0.25, 0.3) is 0 Å². The van der Waals surface area contributed by atoms with E-state index in [1.165, 1.54) is 11.1 Å². The van der Waals surface area contributed by atoms with Crippen LogP contribution in [0.25, 0.3) is 0 Å². The van der Waals surface area contributed by atoms with Gasteiger partial charge < -0.3 is 9.64 Å². The minimum Gasteiger partial charge on any atom is -0.489 e. The van der Waals surface area contributed by atoms with Crippen molar-refractivity contribution in [3.05, 3.63) is 65.7 Å². The Kier molecular flexibility index (Phi) is 5.09. The van der Waals surface area contributed by atoms with E-state index in [2.05, 4.69) is 41.1 Å². The summed E-state index contributed by atoms with van der Waals surface area (Å²) in [5, 5.41) is 0. The second-order valence-corrected chi connectivity index (χ2v) is 5.95. The van der Waals surface area contributed by atoms with Crippen LogP contribution in [0.15, 0.2) is 54.6 Å². The summed E-state index contributed by atoms with van der Waals surface area (Å²) in [7, 11) is 2.19. The lowest BCUT2D eigenvalue weighted by atomic mass is 10.1. The van der Waals surface area contributed by atoms with Crippen LogP contribution in [0.3, 0.4) is 0 Å². The van der Waals surface area contributed by atoms with Crippen LogP contribution in [0.4, 0.5) is 0 Å². The summed E-state index contributed by atoms with van der Waals surface area (Å²) in [5.74, 6) is 0.928. The molecule has 0 N–H and O–H groups in total. The first-order valence-corrected chi connectivity index (χ1v) is 7.97. The van der Waals surface area contributed by atoms with Gasteiger partial charge in [-0.1, -0.05) is 42.5 Å². The number of benzene rings is 2. The SMILES string of the molecule is CN1CCN(Cc2ccccc2COc2ccccc2)CC1. The van der Waals surface area contributed by atoms with Gasteiger partial charge in [0.2, 0.25) is 0 Å². The van der Waals surface area contributed by atoms with Crippen LogP contribution in [0.1, 0.15) is 11.1 Å². The van der Waals surface area contributed by atoms with E-state index in [0.29, 0.717) is 6.61 Å². The Balaban J connectivity index is 1.62. The summed E-state index contributed by atoms with van der Waals surface area (Å²) in [6, 6.07) is 18.6. The Bertz CT molecular complexity index is 577. The summed E-state index contributed by atoms with van der Waals surface area (Å²) < 4.78 is 5.91. The highest BCUT2D eigenvalue weighted by molar-refractivity contribution is 5.28. The van der Waals surface area contributed by atoms with Crippen molar-refractivity contribution in [2.45, 2.75) is 13.2 Å². The molecule has 1 aliphatic heterocycles. The van der Waals surface area contributed by atoms with Gasteiger partial charge in [0, 0.05) is 32.7 Å². The highest BCUT2D eigenvalue weighted by atomic mass is 16.5. The average molecular weight is 296 g/mol. The van der Waals surface area contributed by atoms with Crippen LogP contribution in [-0.4, -0.2) is 43.0 Å². The maximum atomic E-state index is 5.91. The monoisotopic (exact) mass is 296 g/mol. The number of ether oxygens (including phenoxy) is 1. The molecule has 3 heteroatoms. The standard InChI is InChI=1S/C19H24N2O/c1-20-11-13-21(14-12-20)15-17-7-5-6-8-18(17)16-22-19-9-3-2-4-10-19/h2-10H,11-16H2,1H3. The van der Waals surface area contributed by atoms with Gasteiger partial charge in [-0.3, -0.25) is 4.90 Å². The maximum Gasteiger partial charge on any atom is 0.119 e. The molecule has 0 unspecified atom stereocenters. The Hall–Kier alpha value is -1.84. The Morgan fingerprint density at radius 2 is 1.45 bits per heavy atom. The number of nitrogens with zero attached hydrogens (tertiary/aromatic N) is 2. The molecule has 0 aromatic heterocycles. The predicted molar refractivity (Wildman–Crippen MR) is 90.0 cm³/mol. The zero-order valence-corrected chi connectivity index (χ0v) is 13.2. The molecule has 1 fully saturated rings. The smallest absolute Gasteiger partial charge is 0.119 e. The molecule has 2 aromatic carbocycles. The molecule has 3 rings (SSSR count). The first-order chi connectivity index (χ1) is 10.8. The highest BCUT2D eigenvalue weighted by Crippen LogP contribution is 2.17. The molecular formula is C19H24N2O. The fourth-order valence-electron chi connectivity index (χ4n) is 2.78. The van der Waals surface area contributed by atoms with Crippen molar-refractivity contribution in [2.24, 2.45) is 0 Å². The molecule has 0 atom stereocenters. The fraction of sp³-hybridized carbons (Fsp3) is 0.368. The zero-order chi connectivity index (χ0) is 15.2. The van der Waals surface area contributed by atoms with E-state index < -0.39 is 0 Å². The van der Waals surface area contributed by atoms with Crippen molar-refractivity contribution in [2.75, 3.05) is 33.2 Å². The molecule has 3 nitrogen and oxygen atoms in total. The number of piperazine rings is 1. The van der Waals surface area contributed by atoms with Crippen molar-refractivity contribution in [3.8, 4) is 5.75 Å². The van der Waals surface area contributed by atoms with Gasteiger partial charge >= 0.3 is 0 Å². The quantitative estimate of drug-likeness (QED) is 0.843. The normalized spacial score (nSPS) is 16.6. The molecule has 0 amide bonds. The van der Waals surface area contributed by atoms with E-state index in [4.69, 9.17) is 4.74 Å². The second-order valence-electron chi connectivity index (χ2n) is 5.95. The van der Waals surface area contributed by atoms with E-state index in [-0.39, 0.29) is 0 Å². The topological polar surface area (TPSA) is 15.7 Å². The molecular weight excluding hydrogens is 272 g/mol. The third-order valence-corrected chi connectivity index (χ3v) is 4.25. The summed E-state index contributed by atoms with van der Waals surface area (Å²) in [5.41, 5.74) is 2.66. The van der Waals surface area contributed by atoms with Gasteiger partial charge in [-0.15, -0.1) is 0 Å². The molecule has 2 aromatic rings. The van der Waals surface area contributed by atoms with E-state index in [1.807, 2.05) is 30.3 Å². The lowest BCUT2D eigenvalue weighted by Gasteiger charge is -2.32. The van der Waals surface area contributed by atoms with Crippen molar-refractivity contribution >= 4 is 0 Å². The fourth-order valence-corrected chi connectivity index (χ4v) is 2.78. The highest BCUT2D eigenvalue weighted by Gasteiger charge is 2.15. The maximum absolute atomic E-state index is 5.91. The van der Waals surface area contributed by atoms with Crippen molar-refractivity contribution in [3.63, 3.8) is 0 Å². The number of hydrogen-bond acceptors (Lipinski definition) is 3. The van der Waals surface area contributed by atoms with Crippen LogP contribution in [0.5, 0.6) is 5.75 Å². The minimum absolute atomic E-state index is 0.633. The minimum atomic E-state index is 0.633. The van der Waals surface area contributed by atoms with Crippen molar-refractivity contribution in [1.82, 2.24) is 9.80 Å². The first kappa shape index (κ1) is 15.1. The van der Waals surface area contributed by atoms with Crippen LogP contribution < -0.4 is 4.74 Å². The lowest BCUT2D eigenvalue weighted by molar-refractivity contribution is 0.147. The molecule has 1 saturated heterocycles. The molecule has 0 spiro atoms. The van der Waals surface area contributed by atoms with E-state index in [1.54, 1.807) is 0 Å². The number of likely N-dealkylation sites (N-methyl/N-ethyl adjacent to an activating group) is 1. The van der Waals surface area contributed by atoms with Crippen LogP contribution in [0, 0.1) is 0 Å². The van der Waals surface area contributed by atoms with E-state index in [0.717, 1.165) is 38.5 Å². The molecule has 0 saturated carbocycles.